The van der Waals surface area contributed by atoms with E-state index in [1.807, 2.05) is 31.2 Å². The number of rotatable bonds is 5. The fourth-order valence-corrected chi connectivity index (χ4v) is 1.23. The quantitative estimate of drug-likeness (QED) is 0.610. The van der Waals surface area contributed by atoms with Gasteiger partial charge in [0.15, 0.2) is 0 Å². The molecule has 0 saturated carbocycles. The van der Waals surface area contributed by atoms with Gasteiger partial charge in [0.1, 0.15) is 0 Å². The Balaban J connectivity index is 2.54. The molecule has 0 bridgehead atoms. The molecule has 0 aliphatic rings. The number of nitrogens with one attached hydrogen (secondary N) is 1. The zero-order chi connectivity index (χ0) is 12.0. The van der Waals surface area contributed by atoms with Crippen LogP contribution in [0.2, 0.25) is 0 Å². The summed E-state index contributed by atoms with van der Waals surface area (Å²) in [5.74, 6) is -0.220. The van der Waals surface area contributed by atoms with Crippen LogP contribution in [0, 0.1) is 0 Å². The Kier molecular flexibility index (Phi) is 4.58. The van der Waals surface area contributed by atoms with Crippen molar-refractivity contribution in [2.75, 3.05) is 19.0 Å². The second kappa shape index (κ2) is 5.95. The first-order valence-corrected chi connectivity index (χ1v) is 5.16. The van der Waals surface area contributed by atoms with E-state index in [9.17, 15) is 4.79 Å². The van der Waals surface area contributed by atoms with Gasteiger partial charge in [-0.25, -0.2) is 0 Å². The molecule has 0 saturated heterocycles. The molecule has 0 radical (unpaired) electrons. The number of methoxy groups -OCH3 is 1. The molecule has 1 aromatic carbocycles. The van der Waals surface area contributed by atoms with Gasteiger partial charge >= 0.3 is 5.97 Å². The summed E-state index contributed by atoms with van der Waals surface area (Å²) >= 11 is 0. The van der Waals surface area contributed by atoms with Gasteiger partial charge in [0.05, 0.1) is 13.5 Å². The van der Waals surface area contributed by atoms with Crippen LogP contribution in [0.3, 0.4) is 0 Å². The van der Waals surface area contributed by atoms with E-state index in [-0.39, 0.29) is 5.97 Å². The maximum absolute atomic E-state index is 11.0. The van der Waals surface area contributed by atoms with Crippen LogP contribution in [0.1, 0.15) is 12.5 Å². The van der Waals surface area contributed by atoms with Crippen molar-refractivity contribution < 1.29 is 9.53 Å². The molecule has 16 heavy (non-hydrogen) atoms. The third kappa shape index (κ3) is 4.17. The largest absolute Gasteiger partial charge is 0.469 e. The van der Waals surface area contributed by atoms with E-state index < -0.39 is 0 Å². The van der Waals surface area contributed by atoms with Gasteiger partial charge in [-0.1, -0.05) is 24.3 Å². The highest BCUT2D eigenvalue weighted by Crippen LogP contribution is 2.10. The first kappa shape index (κ1) is 12.3. The van der Waals surface area contributed by atoms with Gasteiger partial charge in [0.2, 0.25) is 0 Å². The highest BCUT2D eigenvalue weighted by molar-refractivity contribution is 5.72. The Morgan fingerprint density at radius 3 is 2.50 bits per heavy atom. The summed E-state index contributed by atoms with van der Waals surface area (Å²) in [5, 5.41) is 3.22. The molecule has 0 spiro atoms. The Morgan fingerprint density at radius 1 is 1.38 bits per heavy atom. The van der Waals surface area contributed by atoms with Crippen molar-refractivity contribution in [3.05, 3.63) is 42.0 Å². The summed E-state index contributed by atoms with van der Waals surface area (Å²) in [6.07, 6.45) is 0.317. The summed E-state index contributed by atoms with van der Waals surface area (Å²) in [5.41, 5.74) is 3.06. The lowest BCUT2D eigenvalue weighted by Crippen LogP contribution is -2.05. The zero-order valence-corrected chi connectivity index (χ0v) is 9.75. The first-order chi connectivity index (χ1) is 7.61. The van der Waals surface area contributed by atoms with Crippen molar-refractivity contribution in [3.63, 3.8) is 0 Å². The van der Waals surface area contributed by atoms with E-state index in [4.69, 9.17) is 0 Å². The fraction of sp³-hybridized carbons (Fsp3) is 0.308. The first-order valence-electron chi connectivity index (χ1n) is 5.16. The Hall–Kier alpha value is -1.77. The van der Waals surface area contributed by atoms with Crippen molar-refractivity contribution in [3.8, 4) is 0 Å². The summed E-state index contributed by atoms with van der Waals surface area (Å²) in [6, 6.07) is 7.72. The highest BCUT2D eigenvalue weighted by Gasteiger charge is 2.02. The molecular formula is C13H17NO2. The second-order valence-electron chi connectivity index (χ2n) is 3.76. The van der Waals surface area contributed by atoms with E-state index >= 15 is 0 Å². The monoisotopic (exact) mass is 219 g/mol. The van der Waals surface area contributed by atoms with Crippen LogP contribution in [0.5, 0.6) is 0 Å². The lowest BCUT2D eigenvalue weighted by molar-refractivity contribution is -0.139. The molecule has 0 aliphatic heterocycles. The van der Waals surface area contributed by atoms with Gasteiger partial charge in [-0.3, -0.25) is 4.79 Å². The minimum atomic E-state index is -0.220. The number of hydrogen-bond acceptors (Lipinski definition) is 3. The van der Waals surface area contributed by atoms with E-state index in [1.165, 1.54) is 7.11 Å². The van der Waals surface area contributed by atoms with Crippen LogP contribution in [-0.4, -0.2) is 19.6 Å². The standard InChI is InChI=1S/C13H17NO2/c1-10(2)9-14-12-6-4-11(5-7-12)8-13(15)16-3/h4-7,14H,1,8-9H2,2-3H3. The molecule has 0 heterocycles. The van der Waals surface area contributed by atoms with Crippen LogP contribution in [0.4, 0.5) is 5.69 Å². The Bertz CT molecular complexity index is 368. The van der Waals surface area contributed by atoms with Gasteiger partial charge in [-0.15, -0.1) is 0 Å². The molecule has 0 aromatic heterocycles. The van der Waals surface area contributed by atoms with Gasteiger partial charge in [0, 0.05) is 12.2 Å². The molecule has 0 atom stereocenters. The Morgan fingerprint density at radius 2 is 2.00 bits per heavy atom. The predicted molar refractivity (Wildman–Crippen MR) is 65.5 cm³/mol. The molecular weight excluding hydrogens is 202 g/mol. The van der Waals surface area contributed by atoms with Crippen molar-refractivity contribution in [1.29, 1.82) is 0 Å². The van der Waals surface area contributed by atoms with E-state index in [0.29, 0.717) is 6.42 Å². The number of benzene rings is 1. The molecule has 3 nitrogen and oxygen atoms in total. The van der Waals surface area contributed by atoms with Crippen LogP contribution in [-0.2, 0) is 16.0 Å². The van der Waals surface area contributed by atoms with Crippen molar-refractivity contribution >= 4 is 11.7 Å². The molecule has 0 amide bonds. The van der Waals surface area contributed by atoms with Crippen molar-refractivity contribution in [2.45, 2.75) is 13.3 Å². The minimum absolute atomic E-state index is 0.220. The smallest absolute Gasteiger partial charge is 0.309 e. The zero-order valence-electron chi connectivity index (χ0n) is 9.75. The maximum atomic E-state index is 11.0. The van der Waals surface area contributed by atoms with Gasteiger partial charge in [0.25, 0.3) is 0 Å². The third-order valence-corrected chi connectivity index (χ3v) is 2.12. The van der Waals surface area contributed by atoms with Crippen LogP contribution < -0.4 is 5.32 Å². The van der Waals surface area contributed by atoms with Crippen LogP contribution >= 0.6 is 0 Å². The van der Waals surface area contributed by atoms with Crippen molar-refractivity contribution in [1.82, 2.24) is 0 Å². The third-order valence-electron chi connectivity index (χ3n) is 2.12. The summed E-state index contributed by atoms with van der Waals surface area (Å²) in [4.78, 5) is 11.0. The molecule has 86 valence electrons. The van der Waals surface area contributed by atoms with Crippen molar-refractivity contribution in [2.24, 2.45) is 0 Å². The molecule has 1 aromatic rings. The number of carbonyl (C=O) groups is 1. The maximum Gasteiger partial charge on any atom is 0.309 e. The highest BCUT2D eigenvalue weighted by atomic mass is 16.5. The average Bonchev–Trinajstić information content (AvgIpc) is 2.28. The summed E-state index contributed by atoms with van der Waals surface area (Å²) < 4.78 is 4.60. The lowest BCUT2D eigenvalue weighted by atomic mass is 10.1. The number of anilines is 1. The van der Waals surface area contributed by atoms with Crippen LogP contribution in [0.15, 0.2) is 36.4 Å². The van der Waals surface area contributed by atoms with Gasteiger partial charge < -0.3 is 10.1 Å². The van der Waals surface area contributed by atoms with Gasteiger partial charge in [-0.2, -0.15) is 0 Å². The molecule has 1 N–H and O–H groups in total. The SMILES string of the molecule is C=C(C)CNc1ccc(CC(=O)OC)cc1. The Labute approximate surface area is 96.1 Å². The van der Waals surface area contributed by atoms with E-state index in [1.54, 1.807) is 0 Å². The second-order valence-corrected chi connectivity index (χ2v) is 3.76. The molecule has 0 aliphatic carbocycles. The van der Waals surface area contributed by atoms with E-state index in [2.05, 4.69) is 16.6 Å². The number of hydrogen-bond donors (Lipinski definition) is 1. The van der Waals surface area contributed by atoms with E-state index in [0.717, 1.165) is 23.4 Å². The number of ether oxygens (including phenoxy) is 1. The molecule has 0 unspecified atom stereocenters. The van der Waals surface area contributed by atoms with Gasteiger partial charge in [-0.05, 0) is 24.6 Å². The molecule has 3 heteroatoms. The fourth-order valence-electron chi connectivity index (χ4n) is 1.23. The van der Waals surface area contributed by atoms with Crippen LogP contribution in [0.25, 0.3) is 0 Å². The lowest BCUT2D eigenvalue weighted by Gasteiger charge is -2.06. The summed E-state index contributed by atoms with van der Waals surface area (Å²) in [6.45, 7) is 6.55. The average molecular weight is 219 g/mol. The topological polar surface area (TPSA) is 38.3 Å². The normalized spacial score (nSPS) is 9.62. The minimum Gasteiger partial charge on any atom is -0.469 e. The predicted octanol–water partition coefficient (Wildman–Crippen LogP) is 2.39. The molecule has 1 rings (SSSR count). The molecule has 0 fully saturated rings. The number of esters is 1. The number of carbonyl (C=O) groups excluding carboxylic acids is 1. The summed E-state index contributed by atoms with van der Waals surface area (Å²) in [7, 11) is 1.39.